The van der Waals surface area contributed by atoms with Gasteiger partial charge in [0, 0.05) is 6.61 Å². The van der Waals surface area contributed by atoms with Crippen LogP contribution in [0.2, 0.25) is 0 Å². The predicted molar refractivity (Wildman–Crippen MR) is 52.5 cm³/mol. The lowest BCUT2D eigenvalue weighted by atomic mass is 10.1. The lowest BCUT2D eigenvalue weighted by Crippen LogP contribution is -2.28. The molecule has 1 fully saturated rings. The Hall–Kier alpha value is -0.120. The number of hydrogen-bond acceptors (Lipinski definition) is 3. The molecule has 2 unspecified atom stereocenters. The molecule has 0 aromatic heterocycles. The maximum atomic E-state index is 9.69. The van der Waals surface area contributed by atoms with Crippen molar-refractivity contribution in [2.75, 3.05) is 13.2 Å². The maximum absolute atomic E-state index is 9.69. The molecule has 0 aromatic rings. The molecule has 0 bridgehead atoms. The summed E-state index contributed by atoms with van der Waals surface area (Å²) in [5.74, 6) is 0. The molecule has 3 heteroatoms. The number of rotatable bonds is 4. The van der Waals surface area contributed by atoms with E-state index in [1.54, 1.807) is 0 Å². The number of aliphatic hydroxyl groups is 1. The van der Waals surface area contributed by atoms with E-state index in [0.29, 0.717) is 13.2 Å². The number of aliphatic hydroxyl groups excluding tert-OH is 1. The van der Waals surface area contributed by atoms with Gasteiger partial charge in [-0.25, -0.2) is 0 Å². The molecule has 3 nitrogen and oxygen atoms in total. The van der Waals surface area contributed by atoms with Gasteiger partial charge >= 0.3 is 0 Å². The Morgan fingerprint density at radius 1 is 1.23 bits per heavy atom. The maximum Gasteiger partial charge on any atom is 0.0833 e. The molecule has 1 rings (SSSR count). The van der Waals surface area contributed by atoms with E-state index in [9.17, 15) is 5.11 Å². The molecule has 0 aliphatic heterocycles. The number of ether oxygens (including phenoxy) is 1. The van der Waals surface area contributed by atoms with E-state index in [-0.39, 0.29) is 12.2 Å². The van der Waals surface area contributed by atoms with Crippen LogP contribution in [-0.2, 0) is 4.74 Å². The van der Waals surface area contributed by atoms with E-state index >= 15 is 0 Å². The van der Waals surface area contributed by atoms with Crippen LogP contribution in [0.4, 0.5) is 0 Å². The highest BCUT2D eigenvalue weighted by molar-refractivity contribution is 4.73. The van der Waals surface area contributed by atoms with Crippen molar-refractivity contribution in [1.29, 1.82) is 0 Å². The van der Waals surface area contributed by atoms with E-state index in [4.69, 9.17) is 10.5 Å². The summed E-state index contributed by atoms with van der Waals surface area (Å²) >= 11 is 0. The fourth-order valence-electron chi connectivity index (χ4n) is 1.77. The van der Waals surface area contributed by atoms with Crippen LogP contribution in [0.25, 0.3) is 0 Å². The van der Waals surface area contributed by atoms with Gasteiger partial charge < -0.3 is 15.6 Å². The quantitative estimate of drug-likeness (QED) is 0.511. The zero-order chi connectivity index (χ0) is 9.52. The second-order valence-electron chi connectivity index (χ2n) is 3.76. The van der Waals surface area contributed by atoms with Crippen LogP contribution < -0.4 is 5.73 Å². The van der Waals surface area contributed by atoms with E-state index < -0.39 is 0 Å². The van der Waals surface area contributed by atoms with Gasteiger partial charge in [0.2, 0.25) is 0 Å². The Morgan fingerprint density at radius 3 is 2.77 bits per heavy atom. The van der Waals surface area contributed by atoms with E-state index in [2.05, 4.69) is 0 Å². The molecular formula is C10H21NO2. The molecule has 0 spiro atoms. The topological polar surface area (TPSA) is 55.5 Å². The van der Waals surface area contributed by atoms with Crippen molar-refractivity contribution < 1.29 is 9.84 Å². The monoisotopic (exact) mass is 187 g/mol. The predicted octanol–water partition coefficient (Wildman–Crippen LogP) is 1.05. The Morgan fingerprint density at radius 2 is 2.00 bits per heavy atom. The normalized spacial score (nSPS) is 30.0. The van der Waals surface area contributed by atoms with Gasteiger partial charge in [0.25, 0.3) is 0 Å². The van der Waals surface area contributed by atoms with Gasteiger partial charge in [-0.2, -0.15) is 0 Å². The van der Waals surface area contributed by atoms with Gasteiger partial charge in [0.1, 0.15) is 0 Å². The lowest BCUT2D eigenvalue weighted by molar-refractivity contribution is -0.0402. The first-order valence-electron chi connectivity index (χ1n) is 5.34. The van der Waals surface area contributed by atoms with Gasteiger partial charge in [-0.3, -0.25) is 0 Å². The zero-order valence-electron chi connectivity index (χ0n) is 8.24. The lowest BCUT2D eigenvalue weighted by Gasteiger charge is -2.20. The average molecular weight is 187 g/mol. The van der Waals surface area contributed by atoms with E-state index in [1.807, 2.05) is 0 Å². The average Bonchev–Trinajstić information content (AvgIpc) is 2.32. The molecule has 0 heterocycles. The van der Waals surface area contributed by atoms with Gasteiger partial charge in [-0.15, -0.1) is 0 Å². The van der Waals surface area contributed by atoms with Gasteiger partial charge in [0.05, 0.1) is 12.2 Å². The first-order valence-corrected chi connectivity index (χ1v) is 5.34. The first kappa shape index (κ1) is 11.0. The molecule has 1 aliphatic rings. The van der Waals surface area contributed by atoms with Crippen LogP contribution >= 0.6 is 0 Å². The second-order valence-corrected chi connectivity index (χ2v) is 3.76. The van der Waals surface area contributed by atoms with Crippen molar-refractivity contribution in [3.05, 3.63) is 0 Å². The minimum absolute atomic E-state index is 0.0639. The first-order chi connectivity index (χ1) is 6.34. The second kappa shape index (κ2) is 6.35. The van der Waals surface area contributed by atoms with Crippen LogP contribution in [0, 0.1) is 0 Å². The zero-order valence-corrected chi connectivity index (χ0v) is 8.24. The Bertz CT molecular complexity index is 130. The van der Waals surface area contributed by atoms with Gasteiger partial charge in [0.15, 0.2) is 0 Å². The van der Waals surface area contributed by atoms with Gasteiger partial charge in [-0.05, 0) is 25.8 Å². The summed E-state index contributed by atoms with van der Waals surface area (Å²) in [6.07, 6.45) is 6.16. The molecule has 1 saturated carbocycles. The van der Waals surface area contributed by atoms with E-state index in [0.717, 1.165) is 25.7 Å². The molecule has 78 valence electrons. The summed E-state index contributed by atoms with van der Waals surface area (Å²) in [6.45, 7) is 1.36. The molecule has 0 saturated heterocycles. The highest BCUT2D eigenvalue weighted by atomic mass is 16.5. The van der Waals surface area contributed by atoms with Crippen molar-refractivity contribution in [2.45, 2.75) is 50.7 Å². The summed E-state index contributed by atoms with van der Waals surface area (Å²) in [6, 6.07) is 0. The van der Waals surface area contributed by atoms with Gasteiger partial charge in [-0.1, -0.05) is 19.3 Å². The highest BCUT2D eigenvalue weighted by Gasteiger charge is 2.21. The summed E-state index contributed by atoms with van der Waals surface area (Å²) in [5.41, 5.74) is 5.37. The Labute approximate surface area is 80.3 Å². The molecule has 0 radical (unpaired) electrons. The van der Waals surface area contributed by atoms with Crippen molar-refractivity contribution in [3.8, 4) is 0 Å². The Balaban J connectivity index is 2.19. The van der Waals surface area contributed by atoms with Crippen molar-refractivity contribution in [1.82, 2.24) is 0 Å². The fourth-order valence-corrected chi connectivity index (χ4v) is 1.77. The Kier molecular flexibility index (Phi) is 5.35. The standard InChI is InChI=1S/C10H21NO2/c11-7-4-8-13-10-6-3-1-2-5-9(10)12/h9-10,12H,1-8,11H2. The van der Waals surface area contributed by atoms with Crippen LogP contribution in [0.1, 0.15) is 38.5 Å². The number of nitrogens with two attached hydrogens (primary N) is 1. The highest BCUT2D eigenvalue weighted by Crippen LogP contribution is 2.20. The molecule has 13 heavy (non-hydrogen) atoms. The van der Waals surface area contributed by atoms with Crippen LogP contribution in [-0.4, -0.2) is 30.5 Å². The SMILES string of the molecule is NCCCOC1CCCCCC1O. The van der Waals surface area contributed by atoms with Crippen LogP contribution in [0.3, 0.4) is 0 Å². The molecule has 2 atom stereocenters. The third-order valence-corrected chi connectivity index (χ3v) is 2.60. The largest absolute Gasteiger partial charge is 0.390 e. The van der Waals surface area contributed by atoms with Crippen LogP contribution in [0.5, 0.6) is 0 Å². The van der Waals surface area contributed by atoms with E-state index in [1.165, 1.54) is 12.8 Å². The summed E-state index contributed by atoms with van der Waals surface area (Å²) < 4.78 is 5.59. The minimum atomic E-state index is -0.250. The third-order valence-electron chi connectivity index (χ3n) is 2.60. The van der Waals surface area contributed by atoms with Crippen molar-refractivity contribution in [2.24, 2.45) is 5.73 Å². The van der Waals surface area contributed by atoms with Crippen LogP contribution in [0.15, 0.2) is 0 Å². The summed E-state index contributed by atoms with van der Waals surface area (Å²) in [4.78, 5) is 0. The van der Waals surface area contributed by atoms with Crippen molar-refractivity contribution in [3.63, 3.8) is 0 Å². The molecular weight excluding hydrogens is 166 g/mol. The third kappa shape index (κ3) is 4.07. The smallest absolute Gasteiger partial charge is 0.0833 e. The van der Waals surface area contributed by atoms with Crippen molar-refractivity contribution >= 4 is 0 Å². The molecule has 0 amide bonds. The molecule has 0 aromatic carbocycles. The molecule has 1 aliphatic carbocycles. The summed E-state index contributed by atoms with van der Waals surface area (Å²) in [5, 5.41) is 9.69. The fraction of sp³-hybridized carbons (Fsp3) is 1.00. The number of hydrogen-bond donors (Lipinski definition) is 2. The minimum Gasteiger partial charge on any atom is -0.390 e. The summed E-state index contributed by atoms with van der Waals surface area (Å²) in [7, 11) is 0. The molecule has 3 N–H and O–H groups in total.